The molecule has 0 aliphatic carbocycles. The first-order chi connectivity index (χ1) is 5.43. The van der Waals surface area contributed by atoms with Gasteiger partial charge in [-0.3, -0.25) is 0 Å². The summed E-state index contributed by atoms with van der Waals surface area (Å²) >= 11 is 0.213. The maximum atomic E-state index is 2.28. The molecule has 0 saturated heterocycles. The van der Waals surface area contributed by atoms with Gasteiger partial charge in [0.05, 0.1) is 0 Å². The monoisotopic (exact) mass is 164 g/mol. The molecule has 0 amide bonds. The van der Waals surface area contributed by atoms with Crippen LogP contribution in [0.25, 0.3) is 0 Å². The summed E-state index contributed by atoms with van der Waals surface area (Å²) in [5.41, 5.74) is 1.53. The Bertz CT molecular complexity index is 186. The molecular formula is C10H17Al. The van der Waals surface area contributed by atoms with Gasteiger partial charge in [-0.1, -0.05) is 59.8 Å². The highest BCUT2D eigenvalue weighted by Gasteiger charge is 1.93. The third-order valence-corrected chi connectivity index (χ3v) is 4.05. The summed E-state index contributed by atoms with van der Waals surface area (Å²) in [6.45, 7) is 2.28. The van der Waals surface area contributed by atoms with Crippen molar-refractivity contribution in [2.75, 3.05) is 0 Å². The molecule has 0 N–H and O–H groups in total. The van der Waals surface area contributed by atoms with Crippen LogP contribution in [0.5, 0.6) is 0 Å². The van der Waals surface area contributed by atoms with E-state index in [1.807, 2.05) is 0 Å². The second-order valence-electron chi connectivity index (χ2n) is 2.94. The molecule has 0 aliphatic rings. The van der Waals surface area contributed by atoms with Crippen molar-refractivity contribution in [1.82, 2.24) is 0 Å². The topological polar surface area (TPSA) is 0 Å². The Labute approximate surface area is 76.8 Å². The largest absolute Gasteiger partial charge is 0.242 e. The lowest BCUT2D eigenvalue weighted by Gasteiger charge is -1.95. The van der Waals surface area contributed by atoms with Crippen LogP contribution in [-0.4, -0.2) is 15.2 Å². The summed E-state index contributed by atoms with van der Waals surface area (Å²) in [4.78, 5) is 0. The van der Waals surface area contributed by atoms with Gasteiger partial charge < -0.3 is 0 Å². The van der Waals surface area contributed by atoms with Gasteiger partial charge in [0, 0.05) is 1.43 Å². The van der Waals surface area contributed by atoms with Crippen LogP contribution in [0.4, 0.5) is 0 Å². The predicted octanol–water partition coefficient (Wildman–Crippen LogP) is 2.70. The number of hydrogen-bond donors (Lipinski definition) is 0. The molecule has 60 valence electrons. The molecule has 0 nitrogen and oxygen atoms in total. The number of benzene rings is 1. The van der Waals surface area contributed by atoms with Crippen LogP contribution in [-0.2, 0) is 5.28 Å². The smallest absolute Gasteiger partial charge is 0.0972 e. The lowest BCUT2D eigenvalue weighted by atomic mass is 10.2. The van der Waals surface area contributed by atoms with Gasteiger partial charge in [0.25, 0.3) is 0 Å². The minimum absolute atomic E-state index is 0. The quantitative estimate of drug-likeness (QED) is 0.474. The standard InChI is InChI=1S/C7H7.C3H7.Al.H2.H/c1-7-5-3-2-4-6-7;1-3-2;;;/h2-6H,1H2;1,3H2,2H3;;1H;. The van der Waals surface area contributed by atoms with E-state index >= 15 is 0 Å². The van der Waals surface area contributed by atoms with E-state index < -0.39 is 0 Å². The summed E-state index contributed by atoms with van der Waals surface area (Å²) in [7, 11) is 0. The zero-order valence-electron chi connectivity index (χ0n) is 7.22. The second kappa shape index (κ2) is 5.41. The Hall–Kier alpha value is -0.248. The molecule has 1 aromatic rings. The summed E-state index contributed by atoms with van der Waals surface area (Å²) < 4.78 is 0. The van der Waals surface area contributed by atoms with Crippen LogP contribution in [0.1, 0.15) is 20.3 Å². The molecule has 0 saturated carbocycles. The molecule has 0 aromatic heterocycles. The highest BCUT2D eigenvalue weighted by Crippen LogP contribution is 1.99. The van der Waals surface area contributed by atoms with Crippen molar-refractivity contribution in [2.24, 2.45) is 0 Å². The van der Waals surface area contributed by atoms with Crippen molar-refractivity contribution in [3.8, 4) is 0 Å². The summed E-state index contributed by atoms with van der Waals surface area (Å²) in [5, 5.41) is 2.88. The predicted molar refractivity (Wildman–Crippen MR) is 54.5 cm³/mol. The van der Waals surface area contributed by atoms with Crippen molar-refractivity contribution in [3.05, 3.63) is 35.9 Å². The van der Waals surface area contributed by atoms with Crippen molar-refractivity contribution in [1.29, 1.82) is 0 Å². The SMILES string of the molecule is CC[CH2][AlH][CH2]c1ccccc1.[HH]. The molecule has 0 aliphatic heterocycles. The van der Waals surface area contributed by atoms with E-state index in [1.165, 1.54) is 22.5 Å². The van der Waals surface area contributed by atoms with Crippen molar-refractivity contribution >= 4 is 15.2 Å². The van der Waals surface area contributed by atoms with Crippen LogP contribution in [0.2, 0.25) is 5.28 Å². The van der Waals surface area contributed by atoms with Crippen LogP contribution in [0, 0.1) is 0 Å². The molecule has 1 heteroatoms. The average molecular weight is 164 g/mol. The summed E-state index contributed by atoms with van der Waals surface area (Å²) in [5.74, 6) is 0. The van der Waals surface area contributed by atoms with Gasteiger partial charge in [0.1, 0.15) is 0 Å². The molecule has 1 aromatic carbocycles. The van der Waals surface area contributed by atoms with Crippen LogP contribution >= 0.6 is 0 Å². The van der Waals surface area contributed by atoms with Crippen molar-refractivity contribution in [3.63, 3.8) is 0 Å². The van der Waals surface area contributed by atoms with Gasteiger partial charge >= 0.3 is 0 Å². The van der Waals surface area contributed by atoms with Gasteiger partial charge in [-0.15, -0.1) is 0 Å². The second-order valence-corrected chi connectivity index (χ2v) is 4.86. The lowest BCUT2D eigenvalue weighted by Crippen LogP contribution is -1.94. The molecule has 0 bridgehead atoms. The fourth-order valence-corrected chi connectivity index (χ4v) is 2.72. The normalized spacial score (nSPS) is 9.55. The van der Waals surface area contributed by atoms with E-state index in [2.05, 4.69) is 37.3 Å². The average Bonchev–Trinajstić information content (AvgIpc) is 2.07. The Morgan fingerprint density at radius 1 is 1.27 bits per heavy atom. The maximum Gasteiger partial charge on any atom is 0.242 e. The van der Waals surface area contributed by atoms with E-state index in [9.17, 15) is 0 Å². The first kappa shape index (κ1) is 8.85. The fraction of sp³-hybridized carbons (Fsp3) is 0.400. The van der Waals surface area contributed by atoms with E-state index in [4.69, 9.17) is 0 Å². The van der Waals surface area contributed by atoms with E-state index in [-0.39, 0.29) is 16.6 Å². The first-order valence-corrected chi connectivity index (χ1v) is 6.47. The summed E-state index contributed by atoms with van der Waals surface area (Å²) in [6.07, 6.45) is 1.37. The van der Waals surface area contributed by atoms with Crippen LogP contribution < -0.4 is 0 Å². The molecule has 0 heterocycles. The van der Waals surface area contributed by atoms with E-state index in [0.29, 0.717) is 0 Å². The molecular weight excluding hydrogens is 147 g/mol. The third-order valence-electron chi connectivity index (χ3n) is 1.91. The van der Waals surface area contributed by atoms with Gasteiger partial charge in [0.2, 0.25) is 15.2 Å². The summed E-state index contributed by atoms with van der Waals surface area (Å²) in [6, 6.07) is 10.8. The van der Waals surface area contributed by atoms with E-state index in [0.717, 1.165) is 0 Å². The first-order valence-electron chi connectivity index (χ1n) is 4.47. The number of hydrogen-bond acceptors (Lipinski definition) is 0. The Balaban J connectivity index is 0.00000121. The maximum absolute atomic E-state index is 2.28. The van der Waals surface area contributed by atoms with Gasteiger partial charge in [-0.2, -0.15) is 0 Å². The van der Waals surface area contributed by atoms with Crippen LogP contribution in [0.3, 0.4) is 0 Å². The zero-order valence-corrected chi connectivity index (χ0v) is 8.63. The van der Waals surface area contributed by atoms with Gasteiger partial charge in [-0.05, 0) is 0 Å². The Kier molecular flexibility index (Phi) is 4.35. The Morgan fingerprint density at radius 3 is 2.64 bits per heavy atom. The fourth-order valence-electron chi connectivity index (χ4n) is 1.22. The minimum atomic E-state index is 0. The number of rotatable bonds is 4. The highest BCUT2D eigenvalue weighted by molar-refractivity contribution is 6.34. The molecule has 0 radical (unpaired) electrons. The highest BCUT2D eigenvalue weighted by atomic mass is 27.1. The van der Waals surface area contributed by atoms with Gasteiger partial charge in [-0.25, -0.2) is 0 Å². The van der Waals surface area contributed by atoms with Crippen molar-refractivity contribution < 1.29 is 1.43 Å². The molecule has 0 atom stereocenters. The van der Waals surface area contributed by atoms with E-state index in [1.54, 1.807) is 0 Å². The van der Waals surface area contributed by atoms with Crippen LogP contribution in [0.15, 0.2) is 30.3 Å². The molecule has 0 unspecified atom stereocenters. The molecule has 0 spiro atoms. The molecule has 1 rings (SSSR count). The molecule has 0 fully saturated rings. The zero-order chi connectivity index (χ0) is 7.94. The molecule has 11 heavy (non-hydrogen) atoms. The van der Waals surface area contributed by atoms with Crippen molar-refractivity contribution in [2.45, 2.75) is 23.9 Å². The minimum Gasteiger partial charge on any atom is -0.0972 e. The third kappa shape index (κ3) is 3.60. The van der Waals surface area contributed by atoms with Gasteiger partial charge in [0.15, 0.2) is 0 Å². The lowest BCUT2D eigenvalue weighted by molar-refractivity contribution is 1.06. The Morgan fingerprint density at radius 2 is 2.00 bits per heavy atom.